The number of rotatable bonds is 5. The molecule has 1 rings (SSSR count). The highest BCUT2D eigenvalue weighted by atomic mass is 32.2. The Hall–Kier alpha value is -0.700. The van der Waals surface area contributed by atoms with E-state index in [4.69, 9.17) is 5.14 Å². The summed E-state index contributed by atoms with van der Waals surface area (Å²) < 4.78 is 21.3. The third kappa shape index (κ3) is 5.97. The molecule has 100 valence electrons. The van der Waals surface area contributed by atoms with Crippen LogP contribution in [0.1, 0.15) is 13.3 Å². The largest absolute Gasteiger partial charge is 0.355 e. The summed E-state index contributed by atoms with van der Waals surface area (Å²) in [5.74, 6) is -0.223. The van der Waals surface area contributed by atoms with Crippen LogP contribution in [-0.2, 0) is 14.8 Å². The number of hydrogen-bond acceptors (Lipinski definition) is 5. The predicted octanol–water partition coefficient (Wildman–Crippen LogP) is -2.27. The molecule has 0 bridgehead atoms. The molecule has 1 fully saturated rings. The highest BCUT2D eigenvalue weighted by Crippen LogP contribution is 1.93. The molecule has 1 heterocycles. The van der Waals surface area contributed by atoms with E-state index in [2.05, 4.69) is 16.0 Å². The second-order valence-corrected chi connectivity index (χ2v) is 6.02. The summed E-state index contributed by atoms with van der Waals surface area (Å²) in [6, 6.07) is 0.113. The number of carbonyl (C=O) groups is 1. The van der Waals surface area contributed by atoms with Gasteiger partial charge in [0.15, 0.2) is 0 Å². The Morgan fingerprint density at radius 1 is 1.41 bits per heavy atom. The van der Waals surface area contributed by atoms with Crippen LogP contribution in [0.25, 0.3) is 0 Å². The van der Waals surface area contributed by atoms with Crippen LogP contribution in [0.4, 0.5) is 0 Å². The van der Waals surface area contributed by atoms with Gasteiger partial charge in [-0.3, -0.25) is 4.79 Å². The molecule has 0 saturated carbocycles. The summed E-state index contributed by atoms with van der Waals surface area (Å²) in [5.41, 5.74) is 0. The quantitative estimate of drug-likeness (QED) is 0.418. The van der Waals surface area contributed by atoms with Crippen LogP contribution < -0.4 is 21.1 Å². The molecular formula is C9H20N4O3S. The Kier molecular flexibility index (Phi) is 5.31. The molecule has 0 aromatic carbocycles. The molecule has 1 saturated heterocycles. The maximum atomic E-state index is 11.6. The maximum Gasteiger partial charge on any atom is 0.238 e. The maximum absolute atomic E-state index is 11.6. The van der Waals surface area contributed by atoms with Crippen LogP contribution in [0.15, 0.2) is 0 Å². The van der Waals surface area contributed by atoms with E-state index < -0.39 is 10.0 Å². The molecule has 2 unspecified atom stereocenters. The summed E-state index contributed by atoms with van der Waals surface area (Å²) in [5, 5.41) is 13.8. The van der Waals surface area contributed by atoms with Gasteiger partial charge in [0.25, 0.3) is 0 Å². The van der Waals surface area contributed by atoms with Gasteiger partial charge in [0, 0.05) is 25.7 Å². The highest BCUT2D eigenvalue weighted by molar-refractivity contribution is 7.89. The van der Waals surface area contributed by atoms with Crippen LogP contribution in [0, 0.1) is 0 Å². The fourth-order valence-electron chi connectivity index (χ4n) is 1.58. The molecular weight excluding hydrogens is 244 g/mol. The molecule has 5 N–H and O–H groups in total. The molecule has 1 aliphatic heterocycles. The zero-order valence-corrected chi connectivity index (χ0v) is 10.7. The first-order valence-electron chi connectivity index (χ1n) is 5.63. The van der Waals surface area contributed by atoms with Gasteiger partial charge in [-0.25, -0.2) is 13.6 Å². The fraction of sp³-hybridized carbons (Fsp3) is 0.889. The van der Waals surface area contributed by atoms with E-state index in [9.17, 15) is 13.2 Å². The third-order valence-corrected chi connectivity index (χ3v) is 3.42. The van der Waals surface area contributed by atoms with Gasteiger partial charge in [0.2, 0.25) is 15.9 Å². The zero-order chi connectivity index (χ0) is 12.9. The molecule has 0 spiro atoms. The second kappa shape index (κ2) is 6.29. The number of hydrogen-bond donors (Lipinski definition) is 4. The normalized spacial score (nSPS) is 25.5. The van der Waals surface area contributed by atoms with Gasteiger partial charge in [-0.15, -0.1) is 0 Å². The lowest BCUT2D eigenvalue weighted by atomic mass is 10.1. The number of primary sulfonamides is 1. The number of carbonyl (C=O) groups excluding carboxylic acids is 1. The van der Waals surface area contributed by atoms with Gasteiger partial charge >= 0.3 is 0 Å². The predicted molar refractivity (Wildman–Crippen MR) is 64.9 cm³/mol. The van der Waals surface area contributed by atoms with Crippen molar-refractivity contribution in [2.24, 2.45) is 5.14 Å². The summed E-state index contributed by atoms with van der Waals surface area (Å²) >= 11 is 0. The Labute approximate surface area is 102 Å². The Bertz CT molecular complexity index is 349. The van der Waals surface area contributed by atoms with Crippen LogP contribution in [0.2, 0.25) is 0 Å². The van der Waals surface area contributed by atoms with Crippen molar-refractivity contribution in [3.8, 4) is 0 Å². The first kappa shape index (κ1) is 14.4. The Balaban J connectivity index is 2.17. The number of amides is 1. The minimum Gasteiger partial charge on any atom is -0.355 e. The lowest BCUT2D eigenvalue weighted by Crippen LogP contribution is -2.58. The first-order chi connectivity index (χ1) is 7.88. The van der Waals surface area contributed by atoms with E-state index >= 15 is 0 Å². The van der Waals surface area contributed by atoms with Gasteiger partial charge in [-0.05, 0) is 13.3 Å². The second-order valence-electron chi connectivity index (χ2n) is 4.28. The molecule has 0 aromatic heterocycles. The minimum atomic E-state index is -3.43. The number of nitrogens with two attached hydrogens (primary N) is 1. The molecule has 17 heavy (non-hydrogen) atoms. The van der Waals surface area contributed by atoms with Crippen molar-refractivity contribution in [1.82, 2.24) is 16.0 Å². The highest BCUT2D eigenvalue weighted by Gasteiger charge is 2.22. The van der Waals surface area contributed by atoms with Crippen LogP contribution in [0.5, 0.6) is 0 Å². The van der Waals surface area contributed by atoms with Crippen molar-refractivity contribution in [3.63, 3.8) is 0 Å². The van der Waals surface area contributed by atoms with Crippen molar-refractivity contribution >= 4 is 15.9 Å². The van der Waals surface area contributed by atoms with E-state index in [1.54, 1.807) is 0 Å². The van der Waals surface area contributed by atoms with E-state index in [0.717, 1.165) is 6.54 Å². The standard InChI is InChI=1S/C9H20N4O3S/c1-7-5-13-8(6-12-7)9(14)11-3-2-4-17(10,15)16/h7-8,12-13H,2-6H2,1H3,(H,11,14)(H2,10,15,16). The van der Waals surface area contributed by atoms with E-state index in [1.165, 1.54) is 0 Å². The van der Waals surface area contributed by atoms with Crippen molar-refractivity contribution in [2.45, 2.75) is 25.4 Å². The van der Waals surface area contributed by atoms with Crippen LogP contribution in [-0.4, -0.2) is 51.8 Å². The Morgan fingerprint density at radius 3 is 2.65 bits per heavy atom. The van der Waals surface area contributed by atoms with Crippen molar-refractivity contribution in [2.75, 3.05) is 25.4 Å². The van der Waals surface area contributed by atoms with Gasteiger partial charge in [0.1, 0.15) is 0 Å². The third-order valence-electron chi connectivity index (χ3n) is 2.56. The van der Waals surface area contributed by atoms with E-state index in [1.807, 2.05) is 6.92 Å². The number of sulfonamides is 1. The van der Waals surface area contributed by atoms with Gasteiger partial charge < -0.3 is 16.0 Å². The van der Waals surface area contributed by atoms with Gasteiger partial charge in [-0.1, -0.05) is 0 Å². The molecule has 0 aromatic rings. The summed E-state index contributed by atoms with van der Waals surface area (Å²) in [4.78, 5) is 11.6. The number of piperazine rings is 1. The van der Waals surface area contributed by atoms with E-state index in [0.29, 0.717) is 25.6 Å². The fourth-order valence-corrected chi connectivity index (χ4v) is 2.12. The molecule has 0 radical (unpaired) electrons. The smallest absolute Gasteiger partial charge is 0.238 e. The SMILES string of the molecule is CC1CNC(C(=O)NCCCS(N)(=O)=O)CN1. The molecule has 0 aliphatic carbocycles. The molecule has 2 atom stereocenters. The van der Waals surface area contributed by atoms with Crippen molar-refractivity contribution < 1.29 is 13.2 Å². The van der Waals surface area contributed by atoms with Crippen molar-refractivity contribution in [1.29, 1.82) is 0 Å². The molecule has 1 amide bonds. The molecule has 8 heteroatoms. The monoisotopic (exact) mass is 264 g/mol. The van der Waals surface area contributed by atoms with E-state index in [-0.39, 0.29) is 17.7 Å². The summed E-state index contributed by atoms with van der Waals surface area (Å²) in [6.07, 6.45) is 0.334. The lowest BCUT2D eigenvalue weighted by molar-refractivity contribution is -0.123. The van der Waals surface area contributed by atoms with Crippen LogP contribution >= 0.6 is 0 Å². The number of nitrogens with one attached hydrogen (secondary N) is 3. The zero-order valence-electron chi connectivity index (χ0n) is 9.90. The van der Waals surface area contributed by atoms with Gasteiger partial charge in [-0.2, -0.15) is 0 Å². The lowest BCUT2D eigenvalue weighted by Gasteiger charge is -2.28. The first-order valence-corrected chi connectivity index (χ1v) is 7.35. The molecule has 7 nitrogen and oxygen atoms in total. The minimum absolute atomic E-state index is 0.110. The summed E-state index contributed by atoms with van der Waals surface area (Å²) in [7, 11) is -3.43. The Morgan fingerprint density at radius 2 is 2.12 bits per heavy atom. The van der Waals surface area contributed by atoms with Gasteiger partial charge in [0.05, 0.1) is 11.8 Å². The molecule has 1 aliphatic rings. The average Bonchev–Trinajstić information content (AvgIpc) is 2.24. The summed E-state index contributed by atoms with van der Waals surface area (Å²) in [6.45, 7) is 3.69. The van der Waals surface area contributed by atoms with Crippen LogP contribution in [0.3, 0.4) is 0 Å². The van der Waals surface area contributed by atoms with Crippen molar-refractivity contribution in [3.05, 3.63) is 0 Å². The average molecular weight is 264 g/mol. The topological polar surface area (TPSA) is 113 Å².